The third-order valence-electron chi connectivity index (χ3n) is 4.27. The van der Waals surface area contributed by atoms with E-state index in [4.69, 9.17) is 4.74 Å². The third kappa shape index (κ3) is 3.66. The van der Waals surface area contributed by atoms with E-state index in [1.165, 1.54) is 23.1 Å². The van der Waals surface area contributed by atoms with Crippen molar-refractivity contribution in [2.24, 2.45) is 0 Å². The molecular formula is C20H17N3O3S2. The molecule has 0 unspecified atom stereocenters. The van der Waals surface area contributed by atoms with Crippen molar-refractivity contribution in [2.45, 2.75) is 9.79 Å². The van der Waals surface area contributed by atoms with Gasteiger partial charge in [-0.3, -0.25) is 9.59 Å². The van der Waals surface area contributed by atoms with Gasteiger partial charge in [0.2, 0.25) is 0 Å². The third-order valence-corrected chi connectivity index (χ3v) is 5.98. The van der Waals surface area contributed by atoms with E-state index in [1.807, 2.05) is 36.4 Å². The first-order valence-electron chi connectivity index (χ1n) is 8.58. The molecule has 0 bridgehead atoms. The van der Waals surface area contributed by atoms with Crippen LogP contribution in [0.2, 0.25) is 0 Å². The Kier molecular flexibility index (Phi) is 5.43. The molecule has 2 heterocycles. The van der Waals surface area contributed by atoms with Gasteiger partial charge in [-0.15, -0.1) is 11.3 Å². The molecule has 3 aromatic rings. The highest BCUT2D eigenvalue weighted by Crippen LogP contribution is 2.42. The number of nitrogens with one attached hydrogen (secondary N) is 1. The maximum atomic E-state index is 13.1. The normalized spacial score (nSPS) is 12.9. The minimum atomic E-state index is -0.257. The highest BCUT2D eigenvalue weighted by atomic mass is 32.2. The molecule has 0 aliphatic carbocycles. The Bertz CT molecular complexity index is 1020. The number of anilines is 2. The van der Waals surface area contributed by atoms with Crippen LogP contribution in [0.1, 0.15) is 20.8 Å². The summed E-state index contributed by atoms with van der Waals surface area (Å²) in [5, 5.41) is 4.58. The smallest absolute Gasteiger partial charge is 0.275 e. The lowest BCUT2D eigenvalue weighted by molar-refractivity contribution is 0.0971. The first-order valence-corrected chi connectivity index (χ1v) is 10.3. The summed E-state index contributed by atoms with van der Waals surface area (Å²) in [7, 11) is 1.61. The number of carbonyl (C=O) groups excluding carboxylic acids is 2. The number of ether oxygens (including phenoxy) is 1. The summed E-state index contributed by atoms with van der Waals surface area (Å²) >= 11 is 2.89. The molecular weight excluding hydrogens is 394 g/mol. The van der Waals surface area contributed by atoms with Crippen LogP contribution in [0.15, 0.2) is 63.1 Å². The van der Waals surface area contributed by atoms with Gasteiger partial charge in [-0.2, -0.15) is 0 Å². The zero-order valence-electron chi connectivity index (χ0n) is 15.0. The number of methoxy groups -OCH3 is 1. The Morgan fingerprint density at radius 3 is 2.86 bits per heavy atom. The fourth-order valence-corrected chi connectivity index (χ4v) is 4.58. The summed E-state index contributed by atoms with van der Waals surface area (Å²) in [6, 6.07) is 13.1. The van der Waals surface area contributed by atoms with Gasteiger partial charge in [-0.1, -0.05) is 23.9 Å². The molecule has 2 amide bonds. The number of aromatic nitrogens is 1. The number of nitrogens with zero attached hydrogens (tertiary/aromatic N) is 2. The maximum absolute atomic E-state index is 13.1. The molecule has 0 atom stereocenters. The Morgan fingerprint density at radius 2 is 2.07 bits per heavy atom. The number of rotatable bonds is 5. The zero-order valence-corrected chi connectivity index (χ0v) is 16.7. The molecule has 1 aromatic heterocycles. The second-order valence-corrected chi connectivity index (χ2v) is 7.86. The monoisotopic (exact) mass is 411 g/mol. The van der Waals surface area contributed by atoms with Crippen LogP contribution in [0, 0.1) is 0 Å². The molecule has 6 nitrogen and oxygen atoms in total. The van der Waals surface area contributed by atoms with E-state index in [0.29, 0.717) is 30.1 Å². The van der Waals surface area contributed by atoms with Crippen molar-refractivity contribution in [3.63, 3.8) is 0 Å². The lowest BCUT2D eigenvalue weighted by Crippen LogP contribution is -2.33. The number of thiazole rings is 1. The summed E-state index contributed by atoms with van der Waals surface area (Å²) in [5.41, 5.74) is 4.12. The van der Waals surface area contributed by atoms with Crippen molar-refractivity contribution < 1.29 is 14.3 Å². The number of hydrogen-bond acceptors (Lipinski definition) is 6. The molecule has 0 saturated heterocycles. The van der Waals surface area contributed by atoms with E-state index in [1.54, 1.807) is 29.0 Å². The van der Waals surface area contributed by atoms with Crippen LogP contribution in [0.25, 0.3) is 0 Å². The van der Waals surface area contributed by atoms with Gasteiger partial charge in [-0.05, 0) is 30.3 Å². The van der Waals surface area contributed by atoms with Crippen molar-refractivity contribution in [1.29, 1.82) is 0 Å². The zero-order chi connectivity index (χ0) is 19.5. The van der Waals surface area contributed by atoms with Crippen molar-refractivity contribution in [1.82, 2.24) is 4.98 Å². The van der Waals surface area contributed by atoms with Crippen LogP contribution >= 0.6 is 23.1 Å². The van der Waals surface area contributed by atoms with E-state index in [-0.39, 0.29) is 11.8 Å². The maximum Gasteiger partial charge on any atom is 0.275 e. The van der Waals surface area contributed by atoms with Crippen molar-refractivity contribution in [2.75, 3.05) is 30.5 Å². The molecule has 4 rings (SSSR count). The number of fused-ring (bicyclic) bond motifs is 2. The van der Waals surface area contributed by atoms with Crippen LogP contribution in [0.4, 0.5) is 11.4 Å². The number of amides is 2. The average molecular weight is 412 g/mol. The molecule has 0 radical (unpaired) electrons. The molecule has 1 N–H and O–H groups in total. The minimum Gasteiger partial charge on any atom is -0.383 e. The lowest BCUT2D eigenvalue weighted by atomic mass is 10.1. The highest BCUT2D eigenvalue weighted by Gasteiger charge is 2.27. The molecule has 1 aliphatic rings. The predicted octanol–water partition coefficient (Wildman–Crippen LogP) is 4.15. The highest BCUT2D eigenvalue weighted by molar-refractivity contribution is 7.99. The van der Waals surface area contributed by atoms with E-state index in [0.717, 1.165) is 15.5 Å². The average Bonchev–Trinajstić information content (AvgIpc) is 3.21. The summed E-state index contributed by atoms with van der Waals surface area (Å²) in [6.45, 7) is 0.877. The van der Waals surface area contributed by atoms with Crippen LogP contribution in [-0.4, -0.2) is 37.1 Å². The van der Waals surface area contributed by atoms with Crippen LogP contribution in [0.5, 0.6) is 0 Å². The lowest BCUT2D eigenvalue weighted by Gasteiger charge is -2.23. The van der Waals surface area contributed by atoms with Gasteiger partial charge in [0.05, 0.1) is 23.4 Å². The number of hydrogen-bond donors (Lipinski definition) is 1. The molecule has 28 heavy (non-hydrogen) atoms. The van der Waals surface area contributed by atoms with E-state index in [2.05, 4.69) is 10.3 Å². The van der Waals surface area contributed by atoms with E-state index < -0.39 is 0 Å². The SMILES string of the molecule is COCCN1C(=O)c2ccccc2Sc2cc(NC(=O)c3cscn3)ccc21. The summed E-state index contributed by atoms with van der Waals surface area (Å²) in [5.74, 6) is -0.314. The Balaban J connectivity index is 1.71. The first-order chi connectivity index (χ1) is 13.7. The topological polar surface area (TPSA) is 71.5 Å². The molecule has 1 aliphatic heterocycles. The molecule has 142 valence electrons. The quantitative estimate of drug-likeness (QED) is 0.683. The van der Waals surface area contributed by atoms with Gasteiger partial charge >= 0.3 is 0 Å². The Morgan fingerprint density at radius 1 is 1.21 bits per heavy atom. The van der Waals surface area contributed by atoms with Crippen LogP contribution < -0.4 is 10.2 Å². The van der Waals surface area contributed by atoms with Gasteiger partial charge in [-0.25, -0.2) is 4.98 Å². The fraction of sp³-hybridized carbons (Fsp3) is 0.150. The summed E-state index contributed by atoms with van der Waals surface area (Å²) in [4.78, 5) is 33.0. The Hall–Kier alpha value is -2.68. The minimum absolute atomic E-state index is 0.0573. The second kappa shape index (κ2) is 8.14. The van der Waals surface area contributed by atoms with Crippen molar-refractivity contribution in [3.05, 3.63) is 64.6 Å². The van der Waals surface area contributed by atoms with Crippen molar-refractivity contribution in [3.8, 4) is 0 Å². The second-order valence-electron chi connectivity index (χ2n) is 6.06. The fourth-order valence-electron chi connectivity index (χ4n) is 2.93. The number of benzene rings is 2. The number of carbonyl (C=O) groups is 2. The van der Waals surface area contributed by atoms with Gasteiger partial charge in [0.15, 0.2) is 0 Å². The Labute approximate surface area is 170 Å². The van der Waals surface area contributed by atoms with Gasteiger partial charge < -0.3 is 15.0 Å². The predicted molar refractivity (Wildman–Crippen MR) is 111 cm³/mol. The molecule has 0 spiro atoms. The van der Waals surface area contributed by atoms with Crippen molar-refractivity contribution >= 4 is 46.3 Å². The molecule has 0 saturated carbocycles. The van der Waals surface area contributed by atoms with E-state index in [9.17, 15) is 9.59 Å². The van der Waals surface area contributed by atoms with Gasteiger partial charge in [0.1, 0.15) is 5.69 Å². The van der Waals surface area contributed by atoms with Gasteiger partial charge in [0.25, 0.3) is 11.8 Å². The molecule has 0 fully saturated rings. The van der Waals surface area contributed by atoms with Crippen LogP contribution in [0.3, 0.4) is 0 Å². The van der Waals surface area contributed by atoms with Crippen LogP contribution in [-0.2, 0) is 4.74 Å². The first kappa shape index (κ1) is 18.7. The largest absolute Gasteiger partial charge is 0.383 e. The summed E-state index contributed by atoms with van der Waals surface area (Å²) in [6.07, 6.45) is 0. The molecule has 2 aromatic carbocycles. The molecule has 8 heteroatoms. The summed E-state index contributed by atoms with van der Waals surface area (Å²) < 4.78 is 5.19. The van der Waals surface area contributed by atoms with Gasteiger partial charge in [0, 0.05) is 34.5 Å². The standard InChI is InChI=1S/C20H17N3O3S2/c1-26-9-8-23-16-7-6-13(22-19(24)15-11-27-12-21-15)10-18(16)28-17-5-3-2-4-14(17)20(23)25/h2-7,10-12H,8-9H2,1H3,(H,22,24). The van der Waals surface area contributed by atoms with E-state index >= 15 is 0 Å².